The van der Waals surface area contributed by atoms with Crippen molar-refractivity contribution in [3.05, 3.63) is 183 Å². The Morgan fingerprint density at radius 1 is 0.641 bits per heavy atom. The first-order valence-electron chi connectivity index (χ1n) is 30.1. The Bertz CT molecular complexity index is 3750. The van der Waals surface area contributed by atoms with Crippen LogP contribution >= 0.6 is 7.55 Å². The largest absolute Gasteiger partial charge is 0.480 e. The van der Waals surface area contributed by atoms with E-state index in [4.69, 9.17) is 9.47 Å². The van der Waals surface area contributed by atoms with Crippen LogP contribution in [-0.4, -0.2) is 24.6 Å². The molecule has 5 aliphatic carbocycles. The SMILES string of the molecule is Cc1cc2c3c(c1)N(c1ccccc1C(C)(C)C)c1c4c(c(C5CCCCC5)c5c1=C1C=CC=CC1O5)=[P+](C1C=CC=CC1C)c1c(c(c5c(c1C1CCCCC1)COC1C=CC=CC51C)N2c1ccccc1C(C)(C)C)B34. The van der Waals surface area contributed by atoms with E-state index in [9.17, 15) is 0 Å². The number of hydrogen-bond acceptors (Lipinski definition) is 4. The average Bonchev–Trinajstić information content (AvgIpc) is 1.78. The number of aryl methyl sites for hydroxylation is 1. The van der Waals surface area contributed by atoms with E-state index in [1.54, 1.807) is 32.3 Å². The van der Waals surface area contributed by atoms with Crippen molar-refractivity contribution in [2.75, 3.05) is 9.80 Å². The normalized spacial score (nSPS) is 25.7. The Kier molecular flexibility index (Phi) is 11.2. The summed E-state index contributed by atoms with van der Waals surface area (Å²) in [4.78, 5) is 7.36. The van der Waals surface area contributed by atoms with Gasteiger partial charge in [0.15, 0.2) is 10.2 Å². The van der Waals surface area contributed by atoms with Crippen LogP contribution in [0.25, 0.3) is 5.57 Å². The van der Waals surface area contributed by atoms with Gasteiger partial charge >= 0.3 is 0 Å². The molecule has 6 atom stereocenters. The first-order chi connectivity index (χ1) is 37.7. The van der Waals surface area contributed by atoms with E-state index in [0.717, 1.165) is 0 Å². The van der Waals surface area contributed by atoms with E-state index in [0.29, 0.717) is 24.4 Å². The summed E-state index contributed by atoms with van der Waals surface area (Å²) in [5.74, 6) is 2.39. The van der Waals surface area contributed by atoms with Gasteiger partial charge in [-0.1, -0.05) is 184 Å². The van der Waals surface area contributed by atoms with E-state index in [2.05, 4.69) is 206 Å². The van der Waals surface area contributed by atoms with Crippen LogP contribution < -0.4 is 41.4 Å². The van der Waals surface area contributed by atoms with Gasteiger partial charge in [0.2, 0.25) is 0 Å². The fourth-order valence-corrected chi connectivity index (χ4v) is 20.5. The van der Waals surface area contributed by atoms with Crippen LogP contribution in [0.2, 0.25) is 0 Å². The van der Waals surface area contributed by atoms with E-state index in [1.165, 1.54) is 148 Å². The highest BCUT2D eigenvalue weighted by atomic mass is 31.1. The maximum Gasteiger partial charge on any atom is 0.263 e. The highest BCUT2D eigenvalue weighted by Gasteiger charge is 2.59. The van der Waals surface area contributed by atoms with Crippen LogP contribution in [0, 0.1) is 17.8 Å². The van der Waals surface area contributed by atoms with E-state index < -0.39 is 13.0 Å². The van der Waals surface area contributed by atoms with Gasteiger partial charge in [0.25, 0.3) is 6.71 Å². The third-order valence-corrected chi connectivity index (χ3v) is 23.3. The highest BCUT2D eigenvalue weighted by Crippen LogP contribution is 2.60. The van der Waals surface area contributed by atoms with Gasteiger partial charge in [-0.15, -0.1) is 0 Å². The molecule has 5 aromatic carbocycles. The molecule has 0 spiro atoms. The second-order valence-electron chi connectivity index (χ2n) is 27.1. The predicted octanol–water partition coefficient (Wildman–Crippen LogP) is 15.6. The maximum atomic E-state index is 7.81. The zero-order chi connectivity index (χ0) is 53.1. The molecule has 0 saturated heterocycles. The summed E-state index contributed by atoms with van der Waals surface area (Å²) in [6.45, 7) is 22.6. The second kappa shape index (κ2) is 17.8. The van der Waals surface area contributed by atoms with Crippen molar-refractivity contribution in [1.82, 2.24) is 0 Å². The predicted molar refractivity (Wildman–Crippen MR) is 331 cm³/mol. The molecule has 6 unspecified atom stereocenters. The minimum Gasteiger partial charge on any atom is -0.480 e. The molecule has 0 aromatic heterocycles. The molecule has 394 valence electrons. The van der Waals surface area contributed by atoms with E-state index in [-0.39, 0.29) is 35.4 Å². The number of anilines is 6. The average molecular weight is 1040 g/mol. The van der Waals surface area contributed by atoms with Crippen molar-refractivity contribution in [3.63, 3.8) is 0 Å². The van der Waals surface area contributed by atoms with Crippen molar-refractivity contribution in [2.45, 2.75) is 179 Å². The standard InChI is InChI=1S/C72H77BN2O2P/c1-43-40-53-62-54(41-43)75(52-35-21-19-33-50(52)71(6,7)8)66-61-48(42-76-57-38-24-25-39-72(57,61)9)58(45-27-12-10-13-28-45)68-64(66)73(62)63-65(74(53)51-34-20-18-32-49(51)70(3,4)5)60-47-31-17-22-36-55(47)77-67(60)59(46-29-14-11-15-30-46)69(63)78(68)56-37-23-16-26-44(56)2/h16-26,31-41,44-46,55-57H,10-15,27-30,42H2,1-9H3/q+1. The van der Waals surface area contributed by atoms with Gasteiger partial charge < -0.3 is 19.3 Å². The molecule has 10 aliphatic rings. The number of benzene rings is 5. The molecular weight excluding hydrogens is 967 g/mol. The molecule has 5 heterocycles. The van der Waals surface area contributed by atoms with Crippen molar-refractivity contribution in [1.29, 1.82) is 0 Å². The first kappa shape index (κ1) is 49.2. The Balaban J connectivity index is 1.26. The number of rotatable bonds is 5. The second-order valence-corrected chi connectivity index (χ2v) is 29.3. The Labute approximate surface area is 465 Å². The maximum absolute atomic E-state index is 7.81. The molecule has 5 aromatic rings. The minimum absolute atomic E-state index is 0.00471. The molecule has 0 radical (unpaired) electrons. The Hall–Kier alpha value is -5.87. The Morgan fingerprint density at radius 3 is 1.90 bits per heavy atom. The topological polar surface area (TPSA) is 24.9 Å². The molecule has 0 amide bonds. The van der Waals surface area contributed by atoms with Crippen molar-refractivity contribution in [3.8, 4) is 5.75 Å². The fourth-order valence-electron chi connectivity index (χ4n) is 16.8. The third kappa shape index (κ3) is 6.98. The third-order valence-electron chi connectivity index (χ3n) is 20.2. The Morgan fingerprint density at radius 2 is 1.24 bits per heavy atom. The van der Waals surface area contributed by atoms with Gasteiger partial charge in [-0.3, -0.25) is 0 Å². The minimum atomic E-state index is -1.07. The molecule has 0 N–H and O–H groups in total. The fraction of sp³-hybridized carbons (Fsp3) is 0.403. The number of ether oxygens (including phenoxy) is 2. The molecule has 2 fully saturated rings. The number of allylic oxidation sites excluding steroid dienone is 8. The lowest BCUT2D eigenvalue weighted by molar-refractivity contribution is 0.0188. The van der Waals surface area contributed by atoms with Gasteiger partial charge in [0, 0.05) is 66.9 Å². The van der Waals surface area contributed by atoms with Gasteiger partial charge in [-0.05, 0) is 132 Å². The van der Waals surface area contributed by atoms with Gasteiger partial charge in [-0.25, -0.2) is 0 Å². The van der Waals surface area contributed by atoms with Crippen molar-refractivity contribution in [2.24, 2.45) is 5.92 Å². The summed E-state index contributed by atoms with van der Waals surface area (Å²) in [6, 6.07) is 24.1. The summed E-state index contributed by atoms with van der Waals surface area (Å²) in [6.07, 6.45) is 41.1. The molecule has 6 heteroatoms. The summed E-state index contributed by atoms with van der Waals surface area (Å²) < 4.78 is 15.2. The van der Waals surface area contributed by atoms with Crippen LogP contribution in [-0.2, 0) is 27.6 Å². The van der Waals surface area contributed by atoms with Crippen molar-refractivity contribution < 1.29 is 9.47 Å². The summed E-state index contributed by atoms with van der Waals surface area (Å²) in [5, 5.41) is 3.04. The van der Waals surface area contributed by atoms with Gasteiger partial charge in [0.05, 0.1) is 24.1 Å². The van der Waals surface area contributed by atoms with Crippen LogP contribution in [0.5, 0.6) is 5.75 Å². The lowest BCUT2D eigenvalue weighted by atomic mass is 9.32. The van der Waals surface area contributed by atoms with E-state index in [1.807, 2.05) is 0 Å². The van der Waals surface area contributed by atoms with Gasteiger partial charge in [-0.2, -0.15) is 0 Å². The van der Waals surface area contributed by atoms with Crippen molar-refractivity contribution >= 4 is 75.6 Å². The van der Waals surface area contributed by atoms with E-state index >= 15 is 0 Å². The lowest BCUT2D eigenvalue weighted by Crippen LogP contribution is -2.68. The first-order valence-corrected chi connectivity index (χ1v) is 31.6. The number of hydrogen-bond donors (Lipinski definition) is 0. The van der Waals surface area contributed by atoms with Crippen LogP contribution in [0.3, 0.4) is 0 Å². The molecule has 2 saturated carbocycles. The summed E-state index contributed by atoms with van der Waals surface area (Å²) in [5.41, 5.74) is 23.9. The summed E-state index contributed by atoms with van der Waals surface area (Å²) >= 11 is 0. The van der Waals surface area contributed by atoms with Crippen LogP contribution in [0.1, 0.15) is 170 Å². The zero-order valence-corrected chi connectivity index (χ0v) is 48.6. The van der Waals surface area contributed by atoms with Gasteiger partial charge in [0.1, 0.15) is 25.1 Å². The smallest absolute Gasteiger partial charge is 0.263 e. The zero-order valence-electron chi connectivity index (χ0n) is 47.7. The molecule has 78 heavy (non-hydrogen) atoms. The molecule has 4 nitrogen and oxygen atoms in total. The molecule has 0 bridgehead atoms. The number of fused-ring (bicyclic) bond motifs is 7. The number of nitrogens with zero attached hydrogens (tertiary/aromatic N) is 2. The quantitative estimate of drug-likeness (QED) is 0.127. The van der Waals surface area contributed by atoms with Crippen LogP contribution in [0.4, 0.5) is 34.1 Å². The molecule has 5 aliphatic heterocycles. The molecular formula is C72H77BN2O2P+. The monoisotopic (exact) mass is 1040 g/mol. The number of para-hydroxylation sites is 2. The van der Waals surface area contributed by atoms with Crippen LogP contribution in [0.15, 0.2) is 134 Å². The summed E-state index contributed by atoms with van der Waals surface area (Å²) in [7, 11) is -1.07. The lowest BCUT2D eigenvalue weighted by Gasteiger charge is -2.51. The molecule has 15 rings (SSSR count). The highest BCUT2D eigenvalue weighted by molar-refractivity contribution is 7.61.